The summed E-state index contributed by atoms with van der Waals surface area (Å²) in [7, 11) is 0. The van der Waals surface area contributed by atoms with Crippen molar-refractivity contribution < 1.29 is 118 Å². The van der Waals surface area contributed by atoms with Crippen LogP contribution in [0.3, 0.4) is 0 Å². The topological polar surface area (TPSA) is 386 Å². The lowest BCUT2D eigenvalue weighted by atomic mass is 9.94. The smallest absolute Gasteiger partial charge is 0.335 e. The molecular formula is C30H47NO24. The van der Waals surface area contributed by atoms with E-state index in [0.29, 0.717) is 0 Å². The van der Waals surface area contributed by atoms with Gasteiger partial charge in [0.25, 0.3) is 0 Å². The summed E-state index contributed by atoms with van der Waals surface area (Å²) >= 11 is 0. The number of hydrogen-bond donors (Lipinski definition) is 12. The van der Waals surface area contributed by atoms with Gasteiger partial charge in [0.1, 0.15) is 92.0 Å². The van der Waals surface area contributed by atoms with Crippen molar-refractivity contribution in [1.29, 1.82) is 0 Å². The quantitative estimate of drug-likeness (QED) is 0.0769. The molecule has 4 aliphatic rings. The van der Waals surface area contributed by atoms with Gasteiger partial charge in [-0.25, -0.2) is 4.79 Å². The van der Waals surface area contributed by atoms with Crippen molar-refractivity contribution in [3.63, 3.8) is 0 Å². The summed E-state index contributed by atoms with van der Waals surface area (Å²) in [5.41, 5.74) is 0. The highest BCUT2D eigenvalue weighted by Crippen LogP contribution is 2.35. The molecule has 25 heteroatoms. The zero-order valence-corrected chi connectivity index (χ0v) is 29.4. The number of aliphatic carboxylic acids is 1. The Morgan fingerprint density at radius 2 is 1.09 bits per heavy atom. The molecule has 0 aliphatic carbocycles. The molecule has 0 radical (unpaired) electrons. The van der Waals surface area contributed by atoms with E-state index in [1.54, 1.807) is 0 Å². The van der Waals surface area contributed by atoms with Gasteiger partial charge in [-0.15, -0.1) is 0 Å². The average molecular weight is 806 g/mol. The first-order valence-electron chi connectivity index (χ1n) is 16.9. The lowest BCUT2D eigenvalue weighted by Gasteiger charge is -2.49. The number of ether oxygens (including phenoxy) is 9. The van der Waals surface area contributed by atoms with Gasteiger partial charge in [-0.1, -0.05) is 0 Å². The molecule has 4 rings (SSSR count). The molecule has 4 fully saturated rings. The van der Waals surface area contributed by atoms with E-state index < -0.39 is 166 Å². The van der Waals surface area contributed by atoms with E-state index in [-0.39, 0.29) is 0 Å². The van der Waals surface area contributed by atoms with Crippen LogP contribution in [0.15, 0.2) is 0 Å². The summed E-state index contributed by atoms with van der Waals surface area (Å²) in [4.78, 5) is 48.4. The summed E-state index contributed by atoms with van der Waals surface area (Å²) in [6, 6.07) is -1.58. The number of aliphatic hydroxyl groups is 10. The number of carboxylic acids is 1. The maximum absolute atomic E-state index is 12.5. The third-order valence-electron chi connectivity index (χ3n) is 9.12. The van der Waals surface area contributed by atoms with Crippen molar-refractivity contribution in [1.82, 2.24) is 5.32 Å². The molecule has 25 nitrogen and oxygen atoms in total. The maximum Gasteiger partial charge on any atom is 0.335 e. The van der Waals surface area contributed by atoms with E-state index in [4.69, 9.17) is 42.6 Å². The van der Waals surface area contributed by atoms with Gasteiger partial charge in [0.05, 0.1) is 13.2 Å². The van der Waals surface area contributed by atoms with Gasteiger partial charge >= 0.3 is 17.9 Å². The number of nitrogens with one attached hydrogen (secondary N) is 1. The largest absolute Gasteiger partial charge is 0.479 e. The van der Waals surface area contributed by atoms with Gasteiger partial charge < -0.3 is 104 Å². The number of carbonyl (C=O) groups is 4. The highest BCUT2D eigenvalue weighted by atomic mass is 16.8. The van der Waals surface area contributed by atoms with Crippen molar-refractivity contribution in [2.45, 2.75) is 144 Å². The Bertz CT molecular complexity index is 1320. The SMILES string of the molecule is CC(=O)N[C@@H]1[C@@H](O[C@@H]2O[C@H](C(=O)O)[C@@H](O[C@@H]3O[C@H](COC(C)=O)[C@@H](O)[C@H](O[C@@H]4O[C@H](CO)[C@@H](O)[C@H](O)[C@@H]4O)[C@@H]3OC(C)=O)[C@H](O)[C@H]2O)[C@H](O)[C@@H](CO)O[C@@H]1O. The monoisotopic (exact) mass is 805 g/mol. The lowest BCUT2D eigenvalue weighted by molar-refractivity contribution is -0.382. The van der Waals surface area contributed by atoms with Crippen LogP contribution in [0.5, 0.6) is 0 Å². The van der Waals surface area contributed by atoms with E-state index in [9.17, 15) is 75.3 Å². The highest BCUT2D eigenvalue weighted by molar-refractivity contribution is 5.74. The van der Waals surface area contributed by atoms with Crippen LogP contribution in [0, 0.1) is 0 Å². The Kier molecular flexibility index (Phi) is 15.6. The zero-order chi connectivity index (χ0) is 41.0. The summed E-state index contributed by atoms with van der Waals surface area (Å²) in [5.74, 6) is -4.58. The zero-order valence-electron chi connectivity index (χ0n) is 29.4. The molecule has 55 heavy (non-hydrogen) atoms. The summed E-state index contributed by atoms with van der Waals surface area (Å²) in [6.45, 7) is 0.421. The second kappa shape index (κ2) is 19.1. The fraction of sp³-hybridized carbons (Fsp3) is 0.867. The Hall–Kier alpha value is -2.80. The highest BCUT2D eigenvalue weighted by Gasteiger charge is 2.58. The van der Waals surface area contributed by atoms with Crippen molar-refractivity contribution in [3.05, 3.63) is 0 Å². The van der Waals surface area contributed by atoms with Crippen LogP contribution < -0.4 is 5.32 Å². The minimum absolute atomic E-state index is 0.751. The molecule has 0 aromatic rings. The van der Waals surface area contributed by atoms with Gasteiger partial charge in [0, 0.05) is 20.8 Å². The van der Waals surface area contributed by atoms with E-state index in [1.165, 1.54) is 0 Å². The summed E-state index contributed by atoms with van der Waals surface area (Å²) in [6.07, 6.45) is -37.3. The fourth-order valence-corrected chi connectivity index (χ4v) is 6.39. The third-order valence-corrected chi connectivity index (χ3v) is 9.12. The predicted octanol–water partition coefficient (Wildman–Crippen LogP) is -8.37. The van der Waals surface area contributed by atoms with Crippen LogP contribution in [0.2, 0.25) is 0 Å². The van der Waals surface area contributed by atoms with Crippen LogP contribution in [0.4, 0.5) is 0 Å². The molecule has 316 valence electrons. The first-order valence-corrected chi connectivity index (χ1v) is 16.9. The minimum Gasteiger partial charge on any atom is -0.479 e. The molecule has 0 saturated carbocycles. The van der Waals surface area contributed by atoms with Crippen LogP contribution in [0.25, 0.3) is 0 Å². The molecule has 0 unspecified atom stereocenters. The lowest BCUT2D eigenvalue weighted by Crippen LogP contribution is -2.69. The first-order chi connectivity index (χ1) is 25.8. The number of esters is 2. The summed E-state index contributed by atoms with van der Waals surface area (Å²) in [5, 5.41) is 118. The van der Waals surface area contributed by atoms with Crippen molar-refractivity contribution in [2.75, 3.05) is 19.8 Å². The molecule has 4 aliphatic heterocycles. The normalized spacial score (nSPS) is 45.0. The Labute approximate surface area is 310 Å². The summed E-state index contributed by atoms with van der Waals surface area (Å²) < 4.78 is 48.9. The number of amides is 1. The average Bonchev–Trinajstić information content (AvgIpc) is 3.11. The number of carboxylic acid groups (broad SMARTS) is 1. The van der Waals surface area contributed by atoms with Gasteiger partial charge in [-0.2, -0.15) is 0 Å². The Morgan fingerprint density at radius 3 is 1.65 bits per heavy atom. The van der Waals surface area contributed by atoms with Crippen molar-refractivity contribution in [3.8, 4) is 0 Å². The molecule has 20 atom stereocenters. The van der Waals surface area contributed by atoms with Gasteiger partial charge in [-0.3, -0.25) is 14.4 Å². The van der Waals surface area contributed by atoms with Crippen molar-refractivity contribution >= 4 is 23.8 Å². The van der Waals surface area contributed by atoms with E-state index in [0.717, 1.165) is 20.8 Å². The minimum atomic E-state index is -2.32. The number of rotatable bonds is 13. The second-order valence-electron chi connectivity index (χ2n) is 13.1. The van der Waals surface area contributed by atoms with Gasteiger partial charge in [-0.05, 0) is 0 Å². The standard InChI is InChI=1S/C30H47NO24/c1-7(34)31-13-21(15(38)11(5-33)49-27(13)46)52-29-20(43)18(41)23(24(55-29)26(44)45)54-30-25(48-9(3)36)22(16(39)12(51-30)6-47-8(2)35)53-28-19(42)17(40)14(37)10(4-32)50-28/h10-25,27-30,32-33,37-43,46H,4-6H2,1-3H3,(H,31,34)(H,44,45)/t10-,11-,12-,13-,14-,15-,16-,17+,18-,19+,20-,21-,22+,23+,24+,25+,27+,28+,29-,30+/m1/s1. The Balaban J connectivity index is 1.65. The van der Waals surface area contributed by atoms with E-state index >= 15 is 0 Å². The number of aliphatic hydroxyl groups excluding tert-OH is 10. The van der Waals surface area contributed by atoms with Gasteiger partial charge in [0.2, 0.25) is 5.91 Å². The van der Waals surface area contributed by atoms with Crippen LogP contribution in [-0.2, 0) is 61.8 Å². The predicted molar refractivity (Wildman–Crippen MR) is 165 cm³/mol. The van der Waals surface area contributed by atoms with E-state index in [1.807, 2.05) is 0 Å². The molecule has 0 aromatic carbocycles. The number of hydrogen-bond acceptors (Lipinski definition) is 23. The second-order valence-corrected chi connectivity index (χ2v) is 13.1. The van der Waals surface area contributed by atoms with Gasteiger partial charge in [0.15, 0.2) is 37.4 Å². The van der Waals surface area contributed by atoms with Crippen LogP contribution in [0.1, 0.15) is 20.8 Å². The van der Waals surface area contributed by atoms with Crippen LogP contribution >= 0.6 is 0 Å². The van der Waals surface area contributed by atoms with E-state index in [2.05, 4.69) is 5.32 Å². The Morgan fingerprint density at radius 1 is 0.564 bits per heavy atom. The first kappa shape index (κ1) is 44.9. The molecule has 0 bridgehead atoms. The maximum atomic E-state index is 12.5. The third kappa shape index (κ3) is 10.2. The number of carbonyl (C=O) groups excluding carboxylic acids is 3. The molecule has 0 aromatic heterocycles. The molecule has 4 heterocycles. The molecular weight excluding hydrogens is 758 g/mol. The molecule has 4 saturated heterocycles. The molecule has 12 N–H and O–H groups in total. The molecule has 0 spiro atoms. The fourth-order valence-electron chi connectivity index (χ4n) is 6.39. The van der Waals surface area contributed by atoms with Crippen LogP contribution in [-0.4, -0.2) is 223 Å². The van der Waals surface area contributed by atoms with Crippen molar-refractivity contribution in [2.24, 2.45) is 0 Å². The molecule has 1 amide bonds.